The van der Waals surface area contributed by atoms with E-state index in [1.54, 1.807) is 14.2 Å². The maximum absolute atomic E-state index is 5.62. The summed E-state index contributed by atoms with van der Waals surface area (Å²) in [4.78, 5) is 0. The van der Waals surface area contributed by atoms with Crippen LogP contribution in [0.5, 0.6) is 11.5 Å². The molecule has 1 aromatic heterocycles. The van der Waals surface area contributed by atoms with E-state index in [4.69, 9.17) is 9.47 Å². The fraction of sp³-hybridized carbons (Fsp3) is 0.154. The largest absolute Gasteiger partial charge is 0.493 e. The van der Waals surface area contributed by atoms with Crippen molar-refractivity contribution >= 4 is 0 Å². The predicted molar refractivity (Wildman–Crippen MR) is 118 cm³/mol. The summed E-state index contributed by atoms with van der Waals surface area (Å²) in [6.07, 6.45) is 0.964. The van der Waals surface area contributed by atoms with Crippen molar-refractivity contribution in [3.05, 3.63) is 84.4 Å². The molecule has 29 heavy (non-hydrogen) atoms. The van der Waals surface area contributed by atoms with Gasteiger partial charge in [-0.05, 0) is 41.3 Å². The van der Waals surface area contributed by atoms with Gasteiger partial charge in [-0.25, -0.2) is 0 Å². The highest BCUT2D eigenvalue weighted by molar-refractivity contribution is 5.89. The van der Waals surface area contributed by atoms with Gasteiger partial charge >= 0.3 is 0 Å². The predicted octanol–water partition coefficient (Wildman–Crippen LogP) is 6.06. The Labute approximate surface area is 171 Å². The van der Waals surface area contributed by atoms with Crippen LogP contribution >= 0.6 is 0 Å². The van der Waals surface area contributed by atoms with Crippen LogP contribution in [0, 0.1) is 0 Å². The molecule has 1 aliphatic heterocycles. The number of aromatic nitrogens is 1. The van der Waals surface area contributed by atoms with E-state index in [9.17, 15) is 0 Å². The van der Waals surface area contributed by atoms with E-state index in [1.165, 1.54) is 39.2 Å². The van der Waals surface area contributed by atoms with Crippen LogP contribution in [0.25, 0.3) is 33.6 Å². The molecule has 0 fully saturated rings. The second-order valence-corrected chi connectivity index (χ2v) is 7.29. The number of aryl methyl sites for hydroxylation is 1. The minimum atomic E-state index is 0.765. The fourth-order valence-corrected chi connectivity index (χ4v) is 4.34. The molecular formula is C26H23NO2. The third-order valence-corrected chi connectivity index (χ3v) is 5.72. The van der Waals surface area contributed by atoms with Crippen LogP contribution in [0.1, 0.15) is 5.56 Å². The van der Waals surface area contributed by atoms with Crippen LogP contribution < -0.4 is 9.47 Å². The second-order valence-electron chi connectivity index (χ2n) is 7.29. The Morgan fingerprint density at radius 1 is 0.690 bits per heavy atom. The highest BCUT2D eigenvalue weighted by atomic mass is 16.5. The molecule has 0 unspecified atom stereocenters. The molecular weight excluding hydrogens is 358 g/mol. The monoisotopic (exact) mass is 381 g/mol. The summed E-state index contributed by atoms with van der Waals surface area (Å²) >= 11 is 0. The molecule has 0 atom stereocenters. The van der Waals surface area contributed by atoms with Gasteiger partial charge in [-0.15, -0.1) is 0 Å². The van der Waals surface area contributed by atoms with E-state index < -0.39 is 0 Å². The van der Waals surface area contributed by atoms with Crippen LogP contribution in [0.15, 0.2) is 78.9 Å². The SMILES string of the molecule is COc1cc2c(cc1OC)-c1c(-c3ccccc3)cc(-c3ccccc3)n1CC2. The Balaban J connectivity index is 1.80. The van der Waals surface area contributed by atoms with Gasteiger partial charge in [-0.2, -0.15) is 0 Å². The summed E-state index contributed by atoms with van der Waals surface area (Å²) in [7, 11) is 3.39. The quantitative estimate of drug-likeness (QED) is 0.429. The second kappa shape index (κ2) is 7.17. The van der Waals surface area contributed by atoms with Crippen molar-refractivity contribution in [1.82, 2.24) is 4.57 Å². The van der Waals surface area contributed by atoms with Gasteiger partial charge in [-0.3, -0.25) is 0 Å². The van der Waals surface area contributed by atoms with Crippen molar-refractivity contribution in [3.63, 3.8) is 0 Å². The van der Waals surface area contributed by atoms with Gasteiger partial charge in [-0.1, -0.05) is 60.7 Å². The first-order chi connectivity index (χ1) is 14.3. The summed E-state index contributed by atoms with van der Waals surface area (Å²) in [5, 5.41) is 0. The first kappa shape index (κ1) is 17.6. The Kier molecular flexibility index (Phi) is 4.36. The van der Waals surface area contributed by atoms with Crippen molar-refractivity contribution in [2.24, 2.45) is 0 Å². The number of hydrogen-bond donors (Lipinski definition) is 0. The van der Waals surface area contributed by atoms with Gasteiger partial charge in [0.2, 0.25) is 0 Å². The maximum atomic E-state index is 5.62. The van der Waals surface area contributed by atoms with Gasteiger partial charge in [0.05, 0.1) is 19.9 Å². The molecule has 0 amide bonds. The zero-order valence-electron chi connectivity index (χ0n) is 16.7. The molecule has 0 radical (unpaired) electrons. The normalized spacial score (nSPS) is 12.2. The molecule has 1 aliphatic rings. The zero-order chi connectivity index (χ0) is 19.8. The van der Waals surface area contributed by atoms with Crippen molar-refractivity contribution in [2.45, 2.75) is 13.0 Å². The minimum Gasteiger partial charge on any atom is -0.493 e. The molecule has 144 valence electrons. The third-order valence-electron chi connectivity index (χ3n) is 5.72. The van der Waals surface area contributed by atoms with Gasteiger partial charge < -0.3 is 14.0 Å². The van der Waals surface area contributed by atoms with E-state index in [2.05, 4.69) is 83.4 Å². The van der Waals surface area contributed by atoms with Gasteiger partial charge in [0, 0.05) is 23.4 Å². The van der Waals surface area contributed by atoms with Crippen LogP contribution in [0.4, 0.5) is 0 Å². The van der Waals surface area contributed by atoms with E-state index in [0.717, 1.165) is 24.5 Å². The van der Waals surface area contributed by atoms with Crippen molar-refractivity contribution in [3.8, 4) is 45.1 Å². The summed E-state index contributed by atoms with van der Waals surface area (Å²) in [5.74, 6) is 1.55. The zero-order valence-corrected chi connectivity index (χ0v) is 16.7. The lowest BCUT2D eigenvalue weighted by Crippen LogP contribution is -2.12. The van der Waals surface area contributed by atoms with Crippen LogP contribution in [-0.4, -0.2) is 18.8 Å². The summed E-state index contributed by atoms with van der Waals surface area (Å²) in [6, 6.07) is 27.8. The van der Waals surface area contributed by atoms with E-state index in [1.807, 2.05) is 0 Å². The van der Waals surface area contributed by atoms with Gasteiger partial charge in [0.1, 0.15) is 0 Å². The van der Waals surface area contributed by atoms with Crippen LogP contribution in [0.2, 0.25) is 0 Å². The van der Waals surface area contributed by atoms with Crippen LogP contribution in [-0.2, 0) is 13.0 Å². The molecule has 3 heteroatoms. The molecule has 0 aliphatic carbocycles. The molecule has 3 aromatic carbocycles. The number of methoxy groups -OCH3 is 2. The van der Waals surface area contributed by atoms with Crippen molar-refractivity contribution < 1.29 is 9.47 Å². The standard InChI is InChI=1S/C26H23NO2/c1-28-24-15-20-13-14-27-23(19-11-7-4-8-12-19)16-21(18-9-5-3-6-10-18)26(27)22(20)17-25(24)29-2/h3-12,15-17H,13-14H2,1-2H3. The van der Waals surface area contributed by atoms with Gasteiger partial charge in [0.15, 0.2) is 11.5 Å². The Hall–Kier alpha value is -3.46. The molecule has 5 rings (SSSR count). The topological polar surface area (TPSA) is 23.4 Å². The molecule has 0 bridgehead atoms. The smallest absolute Gasteiger partial charge is 0.161 e. The average molecular weight is 381 g/mol. The number of hydrogen-bond acceptors (Lipinski definition) is 2. The first-order valence-electron chi connectivity index (χ1n) is 9.90. The third kappa shape index (κ3) is 2.90. The maximum Gasteiger partial charge on any atom is 0.161 e. The highest BCUT2D eigenvalue weighted by Gasteiger charge is 2.26. The summed E-state index contributed by atoms with van der Waals surface area (Å²) < 4.78 is 13.6. The number of rotatable bonds is 4. The van der Waals surface area contributed by atoms with E-state index in [-0.39, 0.29) is 0 Å². The Morgan fingerprint density at radius 3 is 1.97 bits per heavy atom. The Morgan fingerprint density at radius 2 is 1.31 bits per heavy atom. The molecule has 2 heterocycles. The molecule has 0 N–H and O–H groups in total. The molecule has 0 saturated carbocycles. The Bertz CT molecular complexity index is 1160. The van der Waals surface area contributed by atoms with Crippen molar-refractivity contribution in [1.29, 1.82) is 0 Å². The van der Waals surface area contributed by atoms with E-state index >= 15 is 0 Å². The average Bonchev–Trinajstić information content (AvgIpc) is 3.19. The minimum absolute atomic E-state index is 0.765. The number of fused-ring (bicyclic) bond motifs is 3. The van der Waals surface area contributed by atoms with Gasteiger partial charge in [0.25, 0.3) is 0 Å². The number of nitrogens with zero attached hydrogens (tertiary/aromatic N) is 1. The van der Waals surface area contributed by atoms with E-state index in [0.29, 0.717) is 0 Å². The summed E-state index contributed by atoms with van der Waals surface area (Å²) in [6.45, 7) is 0.939. The first-order valence-corrected chi connectivity index (χ1v) is 9.90. The van der Waals surface area contributed by atoms with Crippen molar-refractivity contribution in [2.75, 3.05) is 14.2 Å². The number of benzene rings is 3. The lowest BCUT2D eigenvalue weighted by Gasteiger charge is -2.24. The van der Waals surface area contributed by atoms with Crippen LogP contribution in [0.3, 0.4) is 0 Å². The summed E-state index contributed by atoms with van der Waals surface area (Å²) in [5.41, 5.74) is 8.72. The molecule has 4 aromatic rings. The molecule has 0 spiro atoms. The lowest BCUT2D eigenvalue weighted by atomic mass is 9.93. The fourth-order valence-electron chi connectivity index (χ4n) is 4.34. The number of ether oxygens (including phenoxy) is 2. The molecule has 0 saturated heterocycles. The lowest BCUT2D eigenvalue weighted by molar-refractivity contribution is 0.354. The molecule has 3 nitrogen and oxygen atoms in total. The highest BCUT2D eigenvalue weighted by Crippen LogP contribution is 2.45.